The second-order valence-electron chi connectivity index (χ2n) is 7.97. The Morgan fingerprint density at radius 3 is 2.64 bits per heavy atom. The number of sulfone groups is 1. The van der Waals surface area contributed by atoms with E-state index in [1.54, 1.807) is 6.92 Å². The number of aromatic nitrogens is 3. The van der Waals surface area contributed by atoms with E-state index in [1.165, 1.54) is 10.9 Å². The van der Waals surface area contributed by atoms with Gasteiger partial charge in [-0.25, -0.2) is 8.42 Å². The number of nitrogens with zero attached hydrogens (tertiary/aromatic N) is 3. The van der Waals surface area contributed by atoms with Crippen LogP contribution >= 0.6 is 11.6 Å². The Balaban J connectivity index is 1.79. The highest BCUT2D eigenvalue weighted by Crippen LogP contribution is 2.36. The van der Waals surface area contributed by atoms with Crippen LogP contribution in [0.5, 0.6) is 5.75 Å². The van der Waals surface area contributed by atoms with Crippen LogP contribution in [-0.2, 0) is 16.4 Å². The molecule has 2 aromatic rings. The van der Waals surface area contributed by atoms with Gasteiger partial charge in [0.05, 0.1) is 16.0 Å². The zero-order valence-corrected chi connectivity index (χ0v) is 19.7. The van der Waals surface area contributed by atoms with Crippen molar-refractivity contribution in [3.63, 3.8) is 0 Å². The lowest BCUT2D eigenvalue weighted by Crippen LogP contribution is -2.34. The molecule has 0 bridgehead atoms. The molecule has 1 saturated carbocycles. The van der Waals surface area contributed by atoms with Gasteiger partial charge in [0.1, 0.15) is 21.2 Å². The first kappa shape index (κ1) is 25.2. The molecule has 0 atom stereocenters. The van der Waals surface area contributed by atoms with Crippen molar-refractivity contribution in [2.24, 2.45) is 5.92 Å². The van der Waals surface area contributed by atoms with Crippen molar-refractivity contribution in [1.29, 1.82) is 0 Å². The molecule has 0 aliphatic heterocycles. The number of aryl methyl sites for hydroxylation is 1. The maximum atomic E-state index is 12.8. The Morgan fingerprint density at radius 1 is 1.39 bits per heavy atom. The van der Waals surface area contributed by atoms with Gasteiger partial charge in [0.25, 0.3) is 5.91 Å². The molecule has 0 aromatic carbocycles. The summed E-state index contributed by atoms with van der Waals surface area (Å²) in [6, 6.07) is 1.09. The zero-order chi connectivity index (χ0) is 24.3. The van der Waals surface area contributed by atoms with Crippen LogP contribution in [0.25, 0.3) is 11.3 Å². The maximum Gasteiger partial charge on any atom is 0.387 e. The van der Waals surface area contributed by atoms with Crippen molar-refractivity contribution < 1.29 is 31.5 Å². The van der Waals surface area contributed by atoms with Crippen molar-refractivity contribution in [2.45, 2.75) is 51.0 Å². The van der Waals surface area contributed by atoms with Crippen LogP contribution in [0.2, 0.25) is 5.02 Å². The third-order valence-electron chi connectivity index (χ3n) is 5.73. The summed E-state index contributed by atoms with van der Waals surface area (Å²) >= 11 is 6.42. The van der Waals surface area contributed by atoms with Crippen LogP contribution in [0.1, 0.15) is 43.1 Å². The largest absolute Gasteiger partial charge is 0.619 e. The molecule has 33 heavy (non-hydrogen) atoms. The molecule has 13 heteroatoms. The summed E-state index contributed by atoms with van der Waals surface area (Å²) in [7, 11) is -3.07. The fourth-order valence-corrected chi connectivity index (χ4v) is 5.45. The van der Waals surface area contributed by atoms with E-state index in [2.05, 4.69) is 15.2 Å². The van der Waals surface area contributed by atoms with Gasteiger partial charge < -0.3 is 15.3 Å². The van der Waals surface area contributed by atoms with Gasteiger partial charge >= 0.3 is 6.61 Å². The summed E-state index contributed by atoms with van der Waals surface area (Å²) in [5, 5.41) is 18.3. The molecule has 1 aliphatic carbocycles. The summed E-state index contributed by atoms with van der Waals surface area (Å²) in [6.07, 6.45) is 5.70. The van der Waals surface area contributed by atoms with Crippen LogP contribution < -0.4 is 14.8 Å². The van der Waals surface area contributed by atoms with E-state index in [4.69, 9.17) is 11.6 Å². The molecule has 3 rings (SSSR count). The summed E-state index contributed by atoms with van der Waals surface area (Å²) in [5.74, 6) is -0.706. The number of ether oxygens (including phenoxy) is 1. The first-order valence-electron chi connectivity index (χ1n) is 10.4. The lowest BCUT2D eigenvalue weighted by Gasteiger charge is -2.27. The smallest absolute Gasteiger partial charge is 0.387 e. The van der Waals surface area contributed by atoms with Gasteiger partial charge in [0.2, 0.25) is 0 Å². The Labute approximate surface area is 195 Å². The molecule has 1 N–H and O–H groups in total. The van der Waals surface area contributed by atoms with E-state index in [9.17, 15) is 27.2 Å². The lowest BCUT2D eigenvalue weighted by atomic mass is 9.89. The highest BCUT2D eigenvalue weighted by Gasteiger charge is 2.30. The SMILES string of the molecule is CCn1nc(C(=O)NCC2CCC(S(C)(=O)=O)CC2)c(Cl)c1-c1c[n+]([O-])ccc1OC(F)F. The average Bonchev–Trinajstić information content (AvgIpc) is 3.09. The number of nitrogens with one attached hydrogen (secondary N) is 1. The molecular weight excluding hydrogens is 482 g/mol. The van der Waals surface area contributed by atoms with Gasteiger partial charge in [-0.2, -0.15) is 18.6 Å². The van der Waals surface area contributed by atoms with E-state index >= 15 is 0 Å². The first-order chi connectivity index (χ1) is 15.5. The van der Waals surface area contributed by atoms with Crippen LogP contribution in [0.3, 0.4) is 0 Å². The third kappa shape index (κ3) is 5.91. The molecule has 0 radical (unpaired) electrons. The van der Waals surface area contributed by atoms with Crippen molar-refractivity contribution in [1.82, 2.24) is 15.1 Å². The van der Waals surface area contributed by atoms with Crippen molar-refractivity contribution in [3.05, 3.63) is 34.4 Å². The van der Waals surface area contributed by atoms with Gasteiger partial charge in [0, 0.05) is 25.4 Å². The van der Waals surface area contributed by atoms with Gasteiger partial charge in [-0.05, 0) is 38.5 Å². The summed E-state index contributed by atoms with van der Waals surface area (Å²) < 4.78 is 55.3. The van der Waals surface area contributed by atoms with Crippen LogP contribution in [-0.4, -0.2) is 48.8 Å². The monoisotopic (exact) mass is 506 g/mol. The van der Waals surface area contributed by atoms with Gasteiger partial charge in [-0.1, -0.05) is 11.6 Å². The van der Waals surface area contributed by atoms with E-state index in [0.717, 1.165) is 18.5 Å². The van der Waals surface area contributed by atoms with Crippen LogP contribution in [0.15, 0.2) is 18.5 Å². The maximum absolute atomic E-state index is 12.8. The third-order valence-corrected chi connectivity index (χ3v) is 7.77. The van der Waals surface area contributed by atoms with Gasteiger partial charge in [-0.3, -0.25) is 9.48 Å². The highest BCUT2D eigenvalue weighted by molar-refractivity contribution is 7.91. The number of alkyl halides is 2. The molecular formula is C20H25ClF2N4O5S. The minimum absolute atomic E-state index is 0.0229. The Bertz CT molecular complexity index is 1120. The Hall–Kier alpha value is -2.47. The van der Waals surface area contributed by atoms with E-state index in [-0.39, 0.29) is 45.4 Å². The standard InChI is InChI=1S/C20H25ClF2N4O5S/c1-3-27-18(14-11-26(29)9-8-15(14)32-20(22)23)16(21)17(25-27)19(28)24-10-12-4-6-13(7-5-12)33(2,30)31/h8-9,11-13,20H,3-7,10H2,1-2H3,(H,24,28). The molecule has 9 nitrogen and oxygen atoms in total. The van der Waals surface area contributed by atoms with Crippen molar-refractivity contribution >= 4 is 27.3 Å². The fourth-order valence-electron chi connectivity index (χ4n) is 4.00. The molecule has 1 amide bonds. The molecule has 1 aliphatic rings. The highest BCUT2D eigenvalue weighted by atomic mass is 35.5. The van der Waals surface area contributed by atoms with Crippen LogP contribution in [0, 0.1) is 11.1 Å². The number of rotatable bonds is 8. The quantitative estimate of drug-likeness (QED) is 0.434. The van der Waals surface area contributed by atoms with Crippen molar-refractivity contribution in [3.8, 4) is 17.0 Å². The van der Waals surface area contributed by atoms with Gasteiger partial charge in [0.15, 0.2) is 18.1 Å². The second-order valence-corrected chi connectivity index (χ2v) is 10.7. The number of hydrogen-bond donors (Lipinski definition) is 1. The number of pyridine rings is 1. The Morgan fingerprint density at radius 2 is 2.06 bits per heavy atom. The first-order valence-corrected chi connectivity index (χ1v) is 12.8. The van der Waals surface area contributed by atoms with E-state index in [0.29, 0.717) is 37.0 Å². The topological polar surface area (TPSA) is 117 Å². The molecule has 0 unspecified atom stereocenters. The lowest BCUT2D eigenvalue weighted by molar-refractivity contribution is -0.604. The fraction of sp³-hybridized carbons (Fsp3) is 0.550. The minimum Gasteiger partial charge on any atom is -0.619 e. The predicted molar refractivity (Wildman–Crippen MR) is 117 cm³/mol. The predicted octanol–water partition coefficient (Wildman–Crippen LogP) is 2.79. The number of carbonyl (C=O) groups excluding carboxylic acids is 1. The van der Waals surface area contributed by atoms with Gasteiger partial charge in [-0.15, -0.1) is 0 Å². The summed E-state index contributed by atoms with van der Waals surface area (Å²) in [6.45, 7) is -0.828. The normalized spacial score (nSPS) is 19.0. The Kier molecular flexibility index (Phi) is 7.78. The number of hydrogen-bond acceptors (Lipinski definition) is 6. The van der Waals surface area contributed by atoms with E-state index in [1.807, 2.05) is 0 Å². The zero-order valence-electron chi connectivity index (χ0n) is 18.1. The molecule has 182 valence electrons. The summed E-state index contributed by atoms with van der Waals surface area (Å²) in [5.41, 5.74) is -0.0215. The molecule has 1 fully saturated rings. The van der Waals surface area contributed by atoms with Crippen molar-refractivity contribution in [2.75, 3.05) is 12.8 Å². The number of carbonyl (C=O) groups is 1. The molecule has 2 heterocycles. The summed E-state index contributed by atoms with van der Waals surface area (Å²) in [4.78, 5) is 12.8. The van der Waals surface area contributed by atoms with E-state index < -0.39 is 22.4 Å². The number of halogens is 3. The molecule has 0 spiro atoms. The number of amides is 1. The molecule has 2 aromatic heterocycles. The average molecular weight is 507 g/mol. The molecule has 0 saturated heterocycles. The second kappa shape index (κ2) is 10.2. The minimum atomic E-state index is -3.12. The van der Waals surface area contributed by atoms with Crippen LogP contribution in [0.4, 0.5) is 8.78 Å².